The van der Waals surface area contributed by atoms with E-state index in [-0.39, 0.29) is 12.1 Å². The van der Waals surface area contributed by atoms with E-state index in [1.807, 2.05) is 13.0 Å². The Morgan fingerprint density at radius 2 is 2.25 bits per heavy atom. The molecule has 1 saturated heterocycles. The molecule has 1 aliphatic rings. The molecule has 0 saturated carbocycles. The fraction of sp³-hybridized carbons (Fsp3) is 0.588. The largest absolute Gasteiger partial charge is 0.382 e. The summed E-state index contributed by atoms with van der Waals surface area (Å²) in [6, 6.07) is 5.80. The average molecular weight is 331 g/mol. The highest BCUT2D eigenvalue weighted by molar-refractivity contribution is 5.74. The van der Waals surface area contributed by atoms with Crippen LogP contribution in [0.2, 0.25) is 0 Å². The third-order valence-corrected chi connectivity index (χ3v) is 3.99. The lowest BCUT2D eigenvalue weighted by atomic mass is 10.1. The molecule has 0 unspecified atom stereocenters. The average Bonchev–Trinajstić information content (AvgIpc) is 2.62. The zero-order chi connectivity index (χ0) is 17.2. The van der Waals surface area contributed by atoms with Gasteiger partial charge in [-0.05, 0) is 38.3 Å². The molecule has 0 radical (unpaired) electrons. The van der Waals surface area contributed by atoms with Crippen LogP contribution in [0, 0.1) is 11.3 Å². The quantitative estimate of drug-likeness (QED) is 0.742. The van der Waals surface area contributed by atoms with Crippen LogP contribution < -0.4 is 15.5 Å². The van der Waals surface area contributed by atoms with Crippen molar-refractivity contribution in [3.8, 4) is 6.07 Å². The van der Waals surface area contributed by atoms with E-state index >= 15 is 0 Å². The summed E-state index contributed by atoms with van der Waals surface area (Å²) in [6.07, 6.45) is 4.18. The molecular formula is C17H25N5O2. The SMILES string of the molecule is CCOCCCNC(=O)NC1CCN(c2ccc(C#N)cn2)CC1. The normalized spacial score (nSPS) is 14.9. The maximum atomic E-state index is 11.8. The molecule has 0 aliphatic carbocycles. The number of rotatable bonds is 7. The number of anilines is 1. The molecule has 0 aromatic carbocycles. The Balaban J connectivity index is 1.66. The van der Waals surface area contributed by atoms with E-state index < -0.39 is 0 Å². The molecule has 2 heterocycles. The summed E-state index contributed by atoms with van der Waals surface area (Å²) in [5.41, 5.74) is 0.566. The summed E-state index contributed by atoms with van der Waals surface area (Å²) in [4.78, 5) is 18.3. The van der Waals surface area contributed by atoms with Gasteiger partial charge in [-0.2, -0.15) is 5.26 Å². The van der Waals surface area contributed by atoms with E-state index in [0.29, 0.717) is 25.3 Å². The highest BCUT2D eigenvalue weighted by Gasteiger charge is 2.21. The molecule has 7 nitrogen and oxygen atoms in total. The third-order valence-electron chi connectivity index (χ3n) is 3.99. The number of pyridine rings is 1. The van der Waals surface area contributed by atoms with Gasteiger partial charge >= 0.3 is 6.03 Å². The molecule has 1 aromatic heterocycles. The van der Waals surface area contributed by atoms with Crippen molar-refractivity contribution in [3.05, 3.63) is 23.9 Å². The van der Waals surface area contributed by atoms with Crippen LogP contribution in [0.5, 0.6) is 0 Å². The first-order valence-electron chi connectivity index (χ1n) is 8.46. The number of urea groups is 1. The number of nitrogens with one attached hydrogen (secondary N) is 2. The number of aromatic nitrogens is 1. The summed E-state index contributed by atoms with van der Waals surface area (Å²) >= 11 is 0. The van der Waals surface area contributed by atoms with Crippen LogP contribution in [-0.4, -0.2) is 49.9 Å². The number of carbonyl (C=O) groups is 1. The van der Waals surface area contributed by atoms with Gasteiger partial charge in [-0.1, -0.05) is 0 Å². The van der Waals surface area contributed by atoms with Gasteiger partial charge in [0.2, 0.25) is 0 Å². The number of carbonyl (C=O) groups excluding carboxylic acids is 1. The smallest absolute Gasteiger partial charge is 0.315 e. The second-order valence-corrected chi connectivity index (χ2v) is 5.73. The minimum absolute atomic E-state index is 0.110. The number of ether oxygens (including phenoxy) is 1. The van der Waals surface area contributed by atoms with E-state index in [2.05, 4.69) is 26.6 Å². The van der Waals surface area contributed by atoms with Gasteiger partial charge in [0.1, 0.15) is 11.9 Å². The van der Waals surface area contributed by atoms with Crippen LogP contribution in [0.1, 0.15) is 31.7 Å². The highest BCUT2D eigenvalue weighted by atomic mass is 16.5. The van der Waals surface area contributed by atoms with Gasteiger partial charge < -0.3 is 20.3 Å². The molecule has 2 amide bonds. The van der Waals surface area contributed by atoms with E-state index in [0.717, 1.165) is 38.2 Å². The molecule has 7 heteroatoms. The number of amides is 2. The molecule has 0 bridgehead atoms. The Kier molecular flexibility index (Phi) is 7.30. The maximum absolute atomic E-state index is 11.8. The molecule has 1 aliphatic heterocycles. The van der Waals surface area contributed by atoms with Crippen molar-refractivity contribution in [1.29, 1.82) is 5.26 Å². The zero-order valence-electron chi connectivity index (χ0n) is 14.1. The number of hydrogen-bond acceptors (Lipinski definition) is 5. The Hall–Kier alpha value is -2.33. The lowest BCUT2D eigenvalue weighted by Crippen LogP contribution is -2.48. The summed E-state index contributed by atoms with van der Waals surface area (Å²) in [5, 5.41) is 14.7. The fourth-order valence-corrected chi connectivity index (χ4v) is 2.65. The first kappa shape index (κ1) is 18.0. The Morgan fingerprint density at radius 3 is 2.88 bits per heavy atom. The Bertz CT molecular complexity index is 547. The fourth-order valence-electron chi connectivity index (χ4n) is 2.65. The van der Waals surface area contributed by atoms with Crippen molar-refractivity contribution in [2.75, 3.05) is 37.7 Å². The molecule has 0 atom stereocenters. The zero-order valence-corrected chi connectivity index (χ0v) is 14.1. The monoisotopic (exact) mass is 331 g/mol. The Labute approximate surface area is 143 Å². The van der Waals surface area contributed by atoms with Crippen molar-refractivity contribution in [1.82, 2.24) is 15.6 Å². The lowest BCUT2D eigenvalue weighted by Gasteiger charge is -2.33. The van der Waals surface area contributed by atoms with E-state index in [1.54, 1.807) is 12.3 Å². The Morgan fingerprint density at radius 1 is 1.46 bits per heavy atom. The van der Waals surface area contributed by atoms with Crippen molar-refractivity contribution < 1.29 is 9.53 Å². The highest BCUT2D eigenvalue weighted by Crippen LogP contribution is 2.17. The molecule has 24 heavy (non-hydrogen) atoms. The van der Waals surface area contributed by atoms with Gasteiger partial charge in [-0.25, -0.2) is 9.78 Å². The molecular weight excluding hydrogens is 306 g/mol. The number of piperidine rings is 1. The standard InChI is InChI=1S/C17H25N5O2/c1-2-24-11-3-8-19-17(23)21-15-6-9-22(10-7-15)16-5-4-14(12-18)13-20-16/h4-5,13,15H,2-3,6-11H2,1H3,(H2,19,21,23). The summed E-state index contributed by atoms with van der Waals surface area (Å²) in [6.45, 7) is 5.65. The van der Waals surface area contributed by atoms with Crippen molar-refractivity contribution in [2.24, 2.45) is 0 Å². The van der Waals surface area contributed by atoms with Crippen LogP contribution in [0.3, 0.4) is 0 Å². The van der Waals surface area contributed by atoms with Crippen LogP contribution >= 0.6 is 0 Å². The van der Waals surface area contributed by atoms with E-state index in [1.165, 1.54) is 0 Å². The van der Waals surface area contributed by atoms with Gasteiger partial charge in [0.15, 0.2) is 0 Å². The van der Waals surface area contributed by atoms with Gasteiger partial charge in [-0.3, -0.25) is 0 Å². The van der Waals surface area contributed by atoms with Crippen LogP contribution in [-0.2, 0) is 4.74 Å². The number of hydrogen-bond donors (Lipinski definition) is 2. The lowest BCUT2D eigenvalue weighted by molar-refractivity contribution is 0.145. The van der Waals surface area contributed by atoms with Gasteiger partial charge in [0.05, 0.1) is 5.56 Å². The first-order valence-corrected chi connectivity index (χ1v) is 8.46. The van der Waals surface area contributed by atoms with Crippen molar-refractivity contribution in [2.45, 2.75) is 32.2 Å². The van der Waals surface area contributed by atoms with Crippen LogP contribution in [0.15, 0.2) is 18.3 Å². The number of nitrogens with zero attached hydrogens (tertiary/aromatic N) is 3. The van der Waals surface area contributed by atoms with Crippen LogP contribution in [0.4, 0.5) is 10.6 Å². The second kappa shape index (κ2) is 9.73. The maximum Gasteiger partial charge on any atom is 0.315 e. The molecule has 0 spiro atoms. The van der Waals surface area contributed by atoms with Crippen molar-refractivity contribution in [3.63, 3.8) is 0 Å². The van der Waals surface area contributed by atoms with E-state index in [9.17, 15) is 4.79 Å². The summed E-state index contributed by atoms with van der Waals surface area (Å²) < 4.78 is 5.23. The first-order chi connectivity index (χ1) is 11.7. The minimum Gasteiger partial charge on any atom is -0.382 e. The summed E-state index contributed by atoms with van der Waals surface area (Å²) in [5.74, 6) is 0.882. The summed E-state index contributed by atoms with van der Waals surface area (Å²) in [7, 11) is 0. The number of nitriles is 1. The molecule has 2 rings (SSSR count). The van der Waals surface area contributed by atoms with Gasteiger partial charge in [0, 0.05) is 45.1 Å². The van der Waals surface area contributed by atoms with Gasteiger partial charge in [0.25, 0.3) is 0 Å². The molecule has 2 N–H and O–H groups in total. The molecule has 1 fully saturated rings. The predicted octanol–water partition coefficient (Wildman–Crippen LogP) is 1.65. The topological polar surface area (TPSA) is 90.3 Å². The second-order valence-electron chi connectivity index (χ2n) is 5.73. The van der Waals surface area contributed by atoms with E-state index in [4.69, 9.17) is 10.00 Å². The molecule has 130 valence electrons. The third kappa shape index (κ3) is 5.70. The van der Waals surface area contributed by atoms with Gasteiger partial charge in [-0.15, -0.1) is 0 Å². The van der Waals surface area contributed by atoms with Crippen molar-refractivity contribution >= 4 is 11.8 Å². The molecule has 1 aromatic rings. The van der Waals surface area contributed by atoms with Crippen LogP contribution in [0.25, 0.3) is 0 Å². The predicted molar refractivity (Wildman–Crippen MR) is 91.8 cm³/mol. The minimum atomic E-state index is -0.110.